The maximum atomic E-state index is 6.58. The summed E-state index contributed by atoms with van der Waals surface area (Å²) in [5.74, 6) is 1.82. The molecule has 4 aromatic heterocycles. The van der Waals surface area contributed by atoms with Crippen LogP contribution in [-0.2, 0) is 0 Å². The zero-order chi connectivity index (χ0) is 32.1. The van der Waals surface area contributed by atoms with Crippen LogP contribution in [0, 0.1) is 0 Å². The Bertz CT molecular complexity index is 3130. The lowest BCUT2D eigenvalue weighted by Crippen LogP contribution is -2.01. The number of hydrogen-bond donors (Lipinski definition) is 0. The molecule has 0 aliphatic rings. The van der Waals surface area contributed by atoms with E-state index in [1.54, 1.807) is 11.3 Å². The zero-order valence-electron chi connectivity index (χ0n) is 25.8. The van der Waals surface area contributed by atoms with E-state index in [0.29, 0.717) is 17.5 Å². The van der Waals surface area contributed by atoms with E-state index in [2.05, 4.69) is 97.1 Å². The summed E-state index contributed by atoms with van der Waals surface area (Å²) in [6, 6.07) is 47.8. The third kappa shape index (κ3) is 3.89. The van der Waals surface area contributed by atoms with Crippen LogP contribution in [0.4, 0.5) is 0 Å². The third-order valence-corrected chi connectivity index (χ3v) is 10.7. The molecule has 0 spiro atoms. The minimum Gasteiger partial charge on any atom is -0.456 e. The van der Waals surface area contributed by atoms with Gasteiger partial charge in [0.05, 0.1) is 4.70 Å². The van der Waals surface area contributed by atoms with Gasteiger partial charge in [-0.15, -0.1) is 11.3 Å². The summed E-state index contributed by atoms with van der Waals surface area (Å²) in [6.45, 7) is 0. The van der Waals surface area contributed by atoms with Crippen molar-refractivity contribution in [3.05, 3.63) is 140 Å². The quantitative estimate of drug-likeness (QED) is 0.191. The van der Waals surface area contributed by atoms with Crippen LogP contribution < -0.4 is 0 Å². The fourth-order valence-corrected chi connectivity index (χ4v) is 8.56. The second kappa shape index (κ2) is 10.1. The second-order valence-corrected chi connectivity index (χ2v) is 13.4. The highest BCUT2D eigenvalue weighted by atomic mass is 32.1. The Morgan fingerprint density at radius 2 is 1.00 bits per heavy atom. The zero-order valence-corrected chi connectivity index (χ0v) is 26.7. The monoisotopic (exact) mass is 645 g/mol. The average Bonchev–Trinajstić information content (AvgIpc) is 3.85. The molecular formula is C43H23N3O2S. The molecule has 0 N–H and O–H groups in total. The van der Waals surface area contributed by atoms with Gasteiger partial charge in [-0.05, 0) is 41.1 Å². The maximum absolute atomic E-state index is 6.58. The van der Waals surface area contributed by atoms with Crippen LogP contribution in [0.5, 0.6) is 0 Å². The molecule has 0 aliphatic carbocycles. The van der Waals surface area contributed by atoms with Crippen LogP contribution >= 0.6 is 11.3 Å². The Labute approximate surface area is 282 Å². The average molecular weight is 646 g/mol. The molecular weight excluding hydrogens is 623 g/mol. The smallest absolute Gasteiger partial charge is 0.165 e. The van der Waals surface area contributed by atoms with E-state index >= 15 is 0 Å². The summed E-state index contributed by atoms with van der Waals surface area (Å²) in [6.07, 6.45) is 0. The Morgan fingerprint density at radius 1 is 0.408 bits per heavy atom. The summed E-state index contributed by atoms with van der Waals surface area (Å²) < 4.78 is 15.1. The number of aromatic nitrogens is 3. The van der Waals surface area contributed by atoms with E-state index in [1.807, 2.05) is 42.5 Å². The van der Waals surface area contributed by atoms with Gasteiger partial charge in [-0.2, -0.15) is 0 Å². The molecule has 0 radical (unpaired) electrons. The number of rotatable bonds is 3. The first-order valence-electron chi connectivity index (χ1n) is 16.2. The van der Waals surface area contributed by atoms with Gasteiger partial charge in [-0.1, -0.05) is 109 Å². The van der Waals surface area contributed by atoms with Crippen molar-refractivity contribution >= 4 is 86.2 Å². The normalized spacial score (nSPS) is 12.1. The van der Waals surface area contributed by atoms with Crippen molar-refractivity contribution in [3.8, 4) is 34.2 Å². The van der Waals surface area contributed by atoms with E-state index in [1.165, 1.54) is 4.70 Å². The van der Waals surface area contributed by atoms with Crippen LogP contribution in [0.3, 0.4) is 0 Å². The van der Waals surface area contributed by atoms with Gasteiger partial charge in [0.25, 0.3) is 0 Å². The molecule has 6 heteroatoms. The van der Waals surface area contributed by atoms with E-state index < -0.39 is 0 Å². The van der Waals surface area contributed by atoms with Crippen molar-refractivity contribution in [2.75, 3.05) is 0 Å². The van der Waals surface area contributed by atoms with Crippen molar-refractivity contribution in [2.24, 2.45) is 0 Å². The van der Waals surface area contributed by atoms with Gasteiger partial charge in [0, 0.05) is 53.7 Å². The molecule has 0 saturated heterocycles. The lowest BCUT2D eigenvalue weighted by atomic mass is 10.0. The molecule has 0 fully saturated rings. The third-order valence-electron chi connectivity index (χ3n) is 9.54. The highest BCUT2D eigenvalue weighted by molar-refractivity contribution is 7.26. The van der Waals surface area contributed by atoms with Crippen molar-refractivity contribution in [2.45, 2.75) is 0 Å². The number of benzene rings is 7. The van der Waals surface area contributed by atoms with E-state index in [9.17, 15) is 0 Å². The number of fused-ring (bicyclic) bond motifs is 11. The molecule has 11 rings (SSSR count). The largest absolute Gasteiger partial charge is 0.456 e. The second-order valence-electron chi connectivity index (χ2n) is 12.3. The molecule has 0 atom stereocenters. The molecule has 4 heterocycles. The first kappa shape index (κ1) is 26.7. The summed E-state index contributed by atoms with van der Waals surface area (Å²) in [5.41, 5.74) is 6.17. The SMILES string of the molecule is c1ccc2c(-c3nc(-c4cc5c6ccccc6oc5c5c4sc4ccccc45)nc(-c4cccc5oc6ccccc6c45)n3)cccc2c1. The van der Waals surface area contributed by atoms with Gasteiger partial charge >= 0.3 is 0 Å². The van der Waals surface area contributed by atoms with Gasteiger partial charge < -0.3 is 8.83 Å². The van der Waals surface area contributed by atoms with Gasteiger partial charge in [-0.25, -0.2) is 15.0 Å². The van der Waals surface area contributed by atoms with Crippen molar-refractivity contribution in [1.29, 1.82) is 0 Å². The number of nitrogens with zero attached hydrogens (tertiary/aromatic N) is 3. The van der Waals surface area contributed by atoms with E-state index in [4.69, 9.17) is 23.8 Å². The number of furan rings is 2. The van der Waals surface area contributed by atoms with Gasteiger partial charge in [-0.3, -0.25) is 0 Å². The molecule has 11 aromatic rings. The number of hydrogen-bond acceptors (Lipinski definition) is 6. The highest BCUT2D eigenvalue weighted by Gasteiger charge is 2.23. The lowest BCUT2D eigenvalue weighted by molar-refractivity contribution is 0.669. The molecule has 0 saturated carbocycles. The van der Waals surface area contributed by atoms with Gasteiger partial charge in [0.15, 0.2) is 17.5 Å². The van der Waals surface area contributed by atoms with Crippen molar-refractivity contribution in [1.82, 2.24) is 15.0 Å². The van der Waals surface area contributed by atoms with Crippen LogP contribution in [0.1, 0.15) is 0 Å². The Morgan fingerprint density at radius 3 is 1.86 bits per heavy atom. The highest BCUT2D eigenvalue weighted by Crippen LogP contribution is 2.47. The van der Waals surface area contributed by atoms with Crippen LogP contribution in [0.2, 0.25) is 0 Å². The summed E-state index contributed by atoms with van der Waals surface area (Å²) in [4.78, 5) is 15.9. The standard InChI is InChI=1S/C43H23N3O2S/c1-2-13-25-24(11-1)12-9-17-27(25)41-44-42(30-18-10-21-35-37(30)28-15-4-7-20-34(28)47-35)46-43(45-41)32-23-31-26-14-3-6-19-33(26)48-39(31)38-29-16-5-8-22-36(29)49-40(32)38/h1-23H. The predicted octanol–water partition coefficient (Wildman–Crippen LogP) is 12.2. The number of para-hydroxylation sites is 2. The van der Waals surface area contributed by atoms with Gasteiger partial charge in [0.1, 0.15) is 22.3 Å². The van der Waals surface area contributed by atoms with Crippen LogP contribution in [0.15, 0.2) is 148 Å². The Balaban J connectivity index is 1.29. The minimum atomic E-state index is 0.594. The van der Waals surface area contributed by atoms with Crippen molar-refractivity contribution < 1.29 is 8.83 Å². The molecule has 49 heavy (non-hydrogen) atoms. The van der Waals surface area contributed by atoms with Crippen molar-refractivity contribution in [3.63, 3.8) is 0 Å². The summed E-state index contributed by atoms with van der Waals surface area (Å²) in [5, 5.41) is 8.58. The summed E-state index contributed by atoms with van der Waals surface area (Å²) in [7, 11) is 0. The minimum absolute atomic E-state index is 0.594. The fourth-order valence-electron chi connectivity index (χ4n) is 7.35. The number of thiophene rings is 1. The molecule has 5 nitrogen and oxygen atoms in total. The molecule has 0 amide bonds. The summed E-state index contributed by atoms with van der Waals surface area (Å²) >= 11 is 1.74. The topological polar surface area (TPSA) is 65.0 Å². The Hall–Kier alpha value is -6.37. The van der Waals surface area contributed by atoms with Crippen LogP contribution in [-0.4, -0.2) is 15.0 Å². The molecule has 0 bridgehead atoms. The molecule has 0 aliphatic heterocycles. The molecule has 7 aromatic carbocycles. The first-order valence-corrected chi connectivity index (χ1v) is 17.0. The van der Waals surface area contributed by atoms with E-state index in [0.717, 1.165) is 86.8 Å². The fraction of sp³-hybridized carbons (Fsp3) is 0. The molecule has 228 valence electrons. The Kier molecular flexibility index (Phi) is 5.48. The van der Waals surface area contributed by atoms with E-state index in [-0.39, 0.29) is 0 Å². The first-order chi connectivity index (χ1) is 24.3. The lowest BCUT2D eigenvalue weighted by Gasteiger charge is -2.11. The maximum Gasteiger partial charge on any atom is 0.165 e. The van der Waals surface area contributed by atoms with Crippen LogP contribution in [0.25, 0.3) is 109 Å². The molecule has 0 unspecified atom stereocenters. The predicted molar refractivity (Wildman–Crippen MR) is 201 cm³/mol. The van der Waals surface area contributed by atoms with Gasteiger partial charge in [0.2, 0.25) is 0 Å².